The van der Waals surface area contributed by atoms with Gasteiger partial charge in [-0.25, -0.2) is 0 Å². The SMILES string of the molecule is CCO/N=C1/CCC(C(=O)O)C(C)C1. The van der Waals surface area contributed by atoms with E-state index in [1.807, 2.05) is 13.8 Å². The molecule has 80 valence electrons. The highest BCUT2D eigenvalue weighted by Gasteiger charge is 2.30. The Morgan fingerprint density at radius 1 is 1.71 bits per heavy atom. The summed E-state index contributed by atoms with van der Waals surface area (Å²) >= 11 is 0. The van der Waals surface area contributed by atoms with Crippen molar-refractivity contribution in [3.8, 4) is 0 Å². The van der Waals surface area contributed by atoms with E-state index in [2.05, 4.69) is 5.16 Å². The van der Waals surface area contributed by atoms with Crippen LogP contribution < -0.4 is 0 Å². The number of aliphatic carboxylic acids is 1. The Hall–Kier alpha value is -1.06. The van der Waals surface area contributed by atoms with Crippen molar-refractivity contribution in [2.75, 3.05) is 6.61 Å². The van der Waals surface area contributed by atoms with Crippen LogP contribution in [-0.2, 0) is 9.63 Å². The summed E-state index contributed by atoms with van der Waals surface area (Å²) in [6.45, 7) is 4.41. The van der Waals surface area contributed by atoms with Crippen LogP contribution in [0.5, 0.6) is 0 Å². The number of oxime groups is 1. The fourth-order valence-electron chi connectivity index (χ4n) is 1.83. The summed E-state index contributed by atoms with van der Waals surface area (Å²) in [5.41, 5.74) is 0.997. The molecule has 1 rings (SSSR count). The van der Waals surface area contributed by atoms with Crippen LogP contribution >= 0.6 is 0 Å². The van der Waals surface area contributed by atoms with Crippen molar-refractivity contribution in [2.24, 2.45) is 17.0 Å². The van der Waals surface area contributed by atoms with Crippen LogP contribution in [0.2, 0.25) is 0 Å². The van der Waals surface area contributed by atoms with E-state index in [-0.39, 0.29) is 11.8 Å². The van der Waals surface area contributed by atoms with Crippen LogP contribution in [-0.4, -0.2) is 23.4 Å². The zero-order chi connectivity index (χ0) is 10.6. The third-order valence-electron chi connectivity index (χ3n) is 2.63. The Labute approximate surface area is 83.9 Å². The van der Waals surface area contributed by atoms with Gasteiger partial charge in [0.05, 0.1) is 11.6 Å². The Kier molecular flexibility index (Phi) is 3.92. The van der Waals surface area contributed by atoms with Crippen molar-refractivity contribution < 1.29 is 14.7 Å². The van der Waals surface area contributed by atoms with Crippen LogP contribution in [0.4, 0.5) is 0 Å². The van der Waals surface area contributed by atoms with E-state index >= 15 is 0 Å². The number of rotatable bonds is 3. The summed E-state index contributed by atoms with van der Waals surface area (Å²) in [5, 5.41) is 12.9. The van der Waals surface area contributed by atoms with Crippen molar-refractivity contribution in [3.63, 3.8) is 0 Å². The summed E-state index contributed by atoms with van der Waals surface area (Å²) in [4.78, 5) is 15.8. The average molecular weight is 199 g/mol. The standard InChI is InChI=1S/C10H17NO3/c1-3-14-11-8-4-5-9(10(12)13)7(2)6-8/h7,9H,3-6H2,1-2H3,(H,12,13)/b11-8-. The van der Waals surface area contributed by atoms with E-state index in [4.69, 9.17) is 9.94 Å². The number of carbonyl (C=O) groups is 1. The van der Waals surface area contributed by atoms with Gasteiger partial charge in [0.15, 0.2) is 0 Å². The van der Waals surface area contributed by atoms with Crippen molar-refractivity contribution >= 4 is 11.7 Å². The Morgan fingerprint density at radius 3 is 2.93 bits per heavy atom. The highest BCUT2D eigenvalue weighted by Crippen LogP contribution is 2.28. The van der Waals surface area contributed by atoms with Crippen molar-refractivity contribution in [1.82, 2.24) is 0 Å². The fraction of sp³-hybridized carbons (Fsp3) is 0.800. The van der Waals surface area contributed by atoms with Crippen LogP contribution in [0, 0.1) is 11.8 Å². The van der Waals surface area contributed by atoms with Gasteiger partial charge in [-0.3, -0.25) is 4.79 Å². The molecule has 1 N–H and O–H groups in total. The van der Waals surface area contributed by atoms with Crippen LogP contribution in [0.25, 0.3) is 0 Å². The molecule has 0 aromatic heterocycles. The zero-order valence-electron chi connectivity index (χ0n) is 8.69. The molecule has 0 bridgehead atoms. The number of carboxylic acid groups (broad SMARTS) is 1. The molecule has 0 amide bonds. The second kappa shape index (κ2) is 4.98. The molecule has 0 heterocycles. The first-order chi connectivity index (χ1) is 6.65. The van der Waals surface area contributed by atoms with E-state index in [0.717, 1.165) is 18.6 Å². The van der Waals surface area contributed by atoms with Crippen molar-refractivity contribution in [2.45, 2.75) is 33.1 Å². The Balaban J connectivity index is 2.50. The van der Waals surface area contributed by atoms with E-state index in [9.17, 15) is 4.79 Å². The van der Waals surface area contributed by atoms with Gasteiger partial charge in [0.1, 0.15) is 6.61 Å². The maximum Gasteiger partial charge on any atom is 0.306 e. The molecule has 1 fully saturated rings. The molecule has 2 atom stereocenters. The van der Waals surface area contributed by atoms with Gasteiger partial charge in [-0.15, -0.1) is 0 Å². The molecule has 0 radical (unpaired) electrons. The highest BCUT2D eigenvalue weighted by atomic mass is 16.6. The monoisotopic (exact) mass is 199 g/mol. The molecule has 1 aliphatic carbocycles. The van der Waals surface area contributed by atoms with Gasteiger partial charge in [-0.2, -0.15) is 0 Å². The van der Waals surface area contributed by atoms with Crippen LogP contribution in [0.1, 0.15) is 33.1 Å². The lowest BCUT2D eigenvalue weighted by Crippen LogP contribution is -2.29. The molecule has 0 aromatic carbocycles. The summed E-state index contributed by atoms with van der Waals surface area (Å²) in [6, 6.07) is 0. The van der Waals surface area contributed by atoms with Gasteiger partial charge in [0.2, 0.25) is 0 Å². The summed E-state index contributed by atoms with van der Waals surface area (Å²) in [7, 11) is 0. The predicted octanol–water partition coefficient (Wildman–Crippen LogP) is 1.90. The van der Waals surface area contributed by atoms with Gasteiger partial charge >= 0.3 is 5.97 Å². The molecule has 0 spiro atoms. The first-order valence-corrected chi connectivity index (χ1v) is 5.05. The minimum Gasteiger partial charge on any atom is -0.481 e. The first kappa shape index (κ1) is 11.0. The molecule has 1 saturated carbocycles. The zero-order valence-corrected chi connectivity index (χ0v) is 8.69. The molecular weight excluding hydrogens is 182 g/mol. The summed E-state index contributed by atoms with van der Waals surface area (Å²) < 4.78 is 0. The molecule has 1 aliphatic rings. The number of hydrogen-bond acceptors (Lipinski definition) is 3. The second-order valence-electron chi connectivity index (χ2n) is 3.74. The third kappa shape index (κ3) is 2.72. The normalized spacial score (nSPS) is 30.3. The molecule has 0 saturated heterocycles. The molecule has 0 aromatic rings. The largest absolute Gasteiger partial charge is 0.481 e. The number of carboxylic acids is 1. The summed E-state index contributed by atoms with van der Waals surface area (Å²) in [5.74, 6) is -0.732. The molecule has 0 aliphatic heterocycles. The number of hydrogen-bond donors (Lipinski definition) is 1. The minimum absolute atomic E-state index is 0.167. The fourth-order valence-corrected chi connectivity index (χ4v) is 1.83. The van der Waals surface area contributed by atoms with Crippen LogP contribution in [0.3, 0.4) is 0 Å². The smallest absolute Gasteiger partial charge is 0.306 e. The van der Waals surface area contributed by atoms with Gasteiger partial charge in [0, 0.05) is 0 Å². The molecule has 2 unspecified atom stereocenters. The highest BCUT2D eigenvalue weighted by molar-refractivity contribution is 5.86. The lowest BCUT2D eigenvalue weighted by Gasteiger charge is -2.25. The maximum absolute atomic E-state index is 10.8. The molecule has 14 heavy (non-hydrogen) atoms. The van der Waals surface area contributed by atoms with Crippen molar-refractivity contribution in [1.29, 1.82) is 0 Å². The molecule has 4 heteroatoms. The lowest BCUT2D eigenvalue weighted by atomic mass is 9.79. The Morgan fingerprint density at radius 2 is 2.43 bits per heavy atom. The first-order valence-electron chi connectivity index (χ1n) is 5.05. The average Bonchev–Trinajstić information content (AvgIpc) is 2.14. The second-order valence-corrected chi connectivity index (χ2v) is 3.74. The molecular formula is C10H17NO3. The predicted molar refractivity (Wildman–Crippen MR) is 53.2 cm³/mol. The topological polar surface area (TPSA) is 58.9 Å². The van der Waals surface area contributed by atoms with Crippen molar-refractivity contribution in [3.05, 3.63) is 0 Å². The molecule has 4 nitrogen and oxygen atoms in total. The quantitative estimate of drug-likeness (QED) is 0.706. The van der Waals surface area contributed by atoms with Crippen LogP contribution in [0.15, 0.2) is 5.16 Å². The Bertz CT molecular complexity index is 238. The van der Waals surface area contributed by atoms with E-state index in [1.165, 1.54) is 0 Å². The van der Waals surface area contributed by atoms with E-state index < -0.39 is 5.97 Å². The van der Waals surface area contributed by atoms with E-state index in [1.54, 1.807) is 0 Å². The van der Waals surface area contributed by atoms with Gasteiger partial charge in [0.25, 0.3) is 0 Å². The third-order valence-corrected chi connectivity index (χ3v) is 2.63. The van der Waals surface area contributed by atoms with Gasteiger partial charge in [-0.05, 0) is 32.1 Å². The maximum atomic E-state index is 10.8. The number of nitrogens with zero attached hydrogens (tertiary/aromatic N) is 1. The minimum atomic E-state index is -0.687. The van der Waals surface area contributed by atoms with E-state index in [0.29, 0.717) is 13.0 Å². The summed E-state index contributed by atoms with van der Waals surface area (Å²) in [6.07, 6.45) is 2.18. The van der Waals surface area contributed by atoms with Gasteiger partial charge in [-0.1, -0.05) is 12.1 Å². The van der Waals surface area contributed by atoms with Gasteiger partial charge < -0.3 is 9.94 Å². The lowest BCUT2D eigenvalue weighted by molar-refractivity contribution is -0.143.